The number of carbonyl (C=O) groups excluding carboxylic acids is 1. The monoisotopic (exact) mass is 362 g/mol. The van der Waals surface area contributed by atoms with Gasteiger partial charge < -0.3 is 24.2 Å². The van der Waals surface area contributed by atoms with Gasteiger partial charge in [-0.3, -0.25) is 0 Å². The van der Waals surface area contributed by atoms with Crippen molar-refractivity contribution < 1.29 is 18.8 Å². The summed E-state index contributed by atoms with van der Waals surface area (Å²) in [6.45, 7) is 7.89. The van der Waals surface area contributed by atoms with Gasteiger partial charge in [-0.25, -0.2) is 4.79 Å². The number of dihydropyridines is 1. The molecule has 1 fully saturated rings. The first kappa shape index (κ1) is 18.4. The van der Waals surface area contributed by atoms with E-state index in [1.54, 1.807) is 4.90 Å². The molecule has 0 aliphatic carbocycles. The SMILES string of the molecule is CC(C)(C)OC(=O)N1CCC(OCc2nc(C3=CCNC=C3)no2)CC1. The molecule has 1 amide bonds. The molecule has 1 aromatic rings. The minimum Gasteiger partial charge on any atom is -0.444 e. The minimum absolute atomic E-state index is 0.0713. The van der Waals surface area contributed by atoms with E-state index in [0.717, 1.165) is 25.0 Å². The van der Waals surface area contributed by atoms with Crippen LogP contribution in [0.3, 0.4) is 0 Å². The molecule has 142 valence electrons. The lowest BCUT2D eigenvalue weighted by molar-refractivity contribution is -0.0231. The Morgan fingerprint density at radius 1 is 1.38 bits per heavy atom. The van der Waals surface area contributed by atoms with Gasteiger partial charge in [0.25, 0.3) is 5.89 Å². The smallest absolute Gasteiger partial charge is 0.410 e. The van der Waals surface area contributed by atoms with Crippen molar-refractivity contribution in [3.63, 3.8) is 0 Å². The highest BCUT2D eigenvalue weighted by molar-refractivity contribution is 5.70. The Hall–Kier alpha value is -2.35. The average molecular weight is 362 g/mol. The normalized spacial score (nSPS) is 18.4. The zero-order valence-corrected chi connectivity index (χ0v) is 15.5. The number of ether oxygens (including phenoxy) is 2. The van der Waals surface area contributed by atoms with Gasteiger partial charge in [-0.05, 0) is 45.9 Å². The van der Waals surface area contributed by atoms with E-state index in [0.29, 0.717) is 24.8 Å². The molecule has 0 bridgehead atoms. The minimum atomic E-state index is -0.473. The largest absolute Gasteiger partial charge is 0.444 e. The van der Waals surface area contributed by atoms with Gasteiger partial charge in [-0.2, -0.15) is 4.98 Å². The molecular formula is C18H26N4O4. The second-order valence-corrected chi connectivity index (χ2v) is 7.39. The molecular weight excluding hydrogens is 336 g/mol. The summed E-state index contributed by atoms with van der Waals surface area (Å²) in [5.41, 5.74) is 0.462. The maximum atomic E-state index is 12.1. The van der Waals surface area contributed by atoms with Gasteiger partial charge in [-0.1, -0.05) is 11.2 Å². The van der Waals surface area contributed by atoms with Crippen molar-refractivity contribution in [1.82, 2.24) is 20.4 Å². The Balaban J connectivity index is 1.43. The van der Waals surface area contributed by atoms with Crippen LogP contribution >= 0.6 is 0 Å². The van der Waals surface area contributed by atoms with Crippen molar-refractivity contribution >= 4 is 11.7 Å². The second kappa shape index (κ2) is 7.90. The molecule has 0 spiro atoms. The van der Waals surface area contributed by atoms with Crippen LogP contribution in [0.25, 0.3) is 5.57 Å². The van der Waals surface area contributed by atoms with Crippen LogP contribution in [0.1, 0.15) is 45.3 Å². The molecule has 8 nitrogen and oxygen atoms in total. The lowest BCUT2D eigenvalue weighted by atomic mass is 10.1. The molecule has 0 aromatic carbocycles. The Kier molecular flexibility index (Phi) is 5.61. The van der Waals surface area contributed by atoms with E-state index in [-0.39, 0.29) is 18.8 Å². The van der Waals surface area contributed by atoms with Crippen LogP contribution in [-0.4, -0.2) is 52.5 Å². The van der Waals surface area contributed by atoms with Crippen LogP contribution in [0, 0.1) is 0 Å². The Labute approximate surface area is 153 Å². The second-order valence-electron chi connectivity index (χ2n) is 7.39. The fourth-order valence-electron chi connectivity index (χ4n) is 2.77. The first-order valence-corrected chi connectivity index (χ1v) is 8.93. The first-order chi connectivity index (χ1) is 12.4. The Bertz CT molecular complexity index is 682. The summed E-state index contributed by atoms with van der Waals surface area (Å²) in [6.07, 6.45) is 7.11. The molecule has 2 aliphatic heterocycles. The third-order valence-corrected chi connectivity index (χ3v) is 4.08. The summed E-state index contributed by atoms with van der Waals surface area (Å²) in [5, 5.41) is 7.07. The van der Waals surface area contributed by atoms with Gasteiger partial charge in [0.2, 0.25) is 5.82 Å². The van der Waals surface area contributed by atoms with E-state index in [2.05, 4.69) is 15.5 Å². The summed E-state index contributed by atoms with van der Waals surface area (Å²) in [5.74, 6) is 1.03. The van der Waals surface area contributed by atoms with E-state index in [4.69, 9.17) is 14.0 Å². The Morgan fingerprint density at radius 3 is 2.81 bits per heavy atom. The highest BCUT2D eigenvalue weighted by Gasteiger charge is 2.27. The zero-order valence-electron chi connectivity index (χ0n) is 15.5. The molecule has 8 heteroatoms. The average Bonchev–Trinajstić information content (AvgIpc) is 3.09. The standard InChI is InChI=1S/C18H26N4O4/c1-18(2,3)25-17(23)22-10-6-14(7-11-22)24-12-15-20-16(21-26-15)13-4-8-19-9-5-13/h4-5,8,14,19H,6-7,9-12H2,1-3H3. The Morgan fingerprint density at radius 2 is 2.15 bits per heavy atom. The third kappa shape index (κ3) is 5.08. The van der Waals surface area contributed by atoms with E-state index < -0.39 is 5.60 Å². The van der Waals surface area contributed by atoms with Crippen molar-refractivity contribution in [2.75, 3.05) is 19.6 Å². The van der Waals surface area contributed by atoms with Gasteiger partial charge in [0.1, 0.15) is 12.2 Å². The number of carbonyl (C=O) groups is 1. The number of nitrogens with zero attached hydrogens (tertiary/aromatic N) is 3. The van der Waals surface area contributed by atoms with Crippen molar-refractivity contribution in [2.24, 2.45) is 0 Å². The summed E-state index contributed by atoms with van der Waals surface area (Å²) >= 11 is 0. The molecule has 0 saturated carbocycles. The molecule has 1 N–H and O–H groups in total. The number of allylic oxidation sites excluding steroid dienone is 2. The molecule has 0 unspecified atom stereocenters. The highest BCUT2D eigenvalue weighted by atomic mass is 16.6. The molecule has 1 aromatic heterocycles. The molecule has 0 radical (unpaired) electrons. The number of aromatic nitrogens is 2. The molecule has 1 saturated heterocycles. The van der Waals surface area contributed by atoms with Gasteiger partial charge in [0.05, 0.1) is 6.10 Å². The summed E-state index contributed by atoms with van der Waals surface area (Å²) < 4.78 is 16.5. The number of nitrogens with one attached hydrogen (secondary N) is 1. The fourth-order valence-corrected chi connectivity index (χ4v) is 2.77. The number of piperidine rings is 1. The maximum absolute atomic E-state index is 12.1. The van der Waals surface area contributed by atoms with Gasteiger partial charge in [-0.15, -0.1) is 0 Å². The number of hydrogen-bond acceptors (Lipinski definition) is 7. The number of hydrogen-bond donors (Lipinski definition) is 1. The lowest BCUT2D eigenvalue weighted by Gasteiger charge is -2.33. The number of rotatable bonds is 4. The van der Waals surface area contributed by atoms with E-state index in [1.807, 2.05) is 39.1 Å². The van der Waals surface area contributed by atoms with Crippen LogP contribution in [0.4, 0.5) is 4.79 Å². The number of amides is 1. The van der Waals surface area contributed by atoms with Crippen molar-refractivity contribution in [2.45, 2.75) is 51.9 Å². The lowest BCUT2D eigenvalue weighted by Crippen LogP contribution is -2.43. The topological polar surface area (TPSA) is 89.7 Å². The van der Waals surface area contributed by atoms with E-state index >= 15 is 0 Å². The first-order valence-electron chi connectivity index (χ1n) is 8.93. The van der Waals surface area contributed by atoms with Gasteiger partial charge in [0, 0.05) is 25.2 Å². The highest BCUT2D eigenvalue weighted by Crippen LogP contribution is 2.19. The summed E-state index contributed by atoms with van der Waals surface area (Å²) in [7, 11) is 0. The van der Waals surface area contributed by atoms with Gasteiger partial charge >= 0.3 is 6.09 Å². The van der Waals surface area contributed by atoms with Crippen molar-refractivity contribution in [1.29, 1.82) is 0 Å². The predicted molar refractivity (Wildman–Crippen MR) is 95.0 cm³/mol. The molecule has 3 heterocycles. The molecule has 26 heavy (non-hydrogen) atoms. The van der Waals surface area contributed by atoms with Crippen molar-refractivity contribution in [3.05, 3.63) is 30.1 Å². The van der Waals surface area contributed by atoms with E-state index in [1.165, 1.54) is 0 Å². The molecule has 0 atom stereocenters. The zero-order chi connectivity index (χ0) is 18.6. The maximum Gasteiger partial charge on any atom is 0.410 e. The third-order valence-electron chi connectivity index (χ3n) is 4.08. The molecule has 2 aliphatic rings. The summed E-state index contributed by atoms with van der Waals surface area (Å²) in [6, 6.07) is 0. The summed E-state index contributed by atoms with van der Waals surface area (Å²) in [4.78, 5) is 18.2. The quantitative estimate of drug-likeness (QED) is 0.880. The number of likely N-dealkylation sites (tertiary alicyclic amines) is 1. The van der Waals surface area contributed by atoms with Crippen LogP contribution in [0.15, 0.2) is 22.9 Å². The van der Waals surface area contributed by atoms with Crippen LogP contribution < -0.4 is 5.32 Å². The predicted octanol–water partition coefficient (Wildman–Crippen LogP) is 2.49. The van der Waals surface area contributed by atoms with Crippen molar-refractivity contribution in [3.8, 4) is 0 Å². The van der Waals surface area contributed by atoms with Gasteiger partial charge in [0.15, 0.2) is 0 Å². The van der Waals surface area contributed by atoms with Crippen LogP contribution in [-0.2, 0) is 16.1 Å². The molecule has 3 rings (SSSR count). The fraction of sp³-hybridized carbons (Fsp3) is 0.611. The van der Waals surface area contributed by atoms with Crippen LogP contribution in [0.2, 0.25) is 0 Å². The van der Waals surface area contributed by atoms with Crippen LogP contribution in [0.5, 0.6) is 0 Å². The van der Waals surface area contributed by atoms with E-state index in [9.17, 15) is 4.79 Å².